The van der Waals surface area contributed by atoms with Crippen molar-refractivity contribution in [2.24, 2.45) is 7.05 Å². The van der Waals surface area contributed by atoms with Crippen molar-refractivity contribution in [2.75, 3.05) is 6.54 Å². The Morgan fingerprint density at radius 1 is 1.38 bits per heavy atom. The molecule has 0 aromatic carbocycles. The van der Waals surface area contributed by atoms with Gasteiger partial charge in [0.25, 0.3) is 0 Å². The molecule has 0 saturated carbocycles. The van der Waals surface area contributed by atoms with Gasteiger partial charge in [0.2, 0.25) is 5.91 Å². The summed E-state index contributed by atoms with van der Waals surface area (Å²) in [7, 11) is 2.03. The molecule has 1 aliphatic rings. The van der Waals surface area contributed by atoms with Gasteiger partial charge in [0, 0.05) is 44.0 Å². The molecule has 3 rings (SSSR count). The van der Waals surface area contributed by atoms with Gasteiger partial charge in [-0.15, -0.1) is 0 Å². The molecular formula is C17H19N3O. The first-order valence-electron chi connectivity index (χ1n) is 7.25. The zero-order valence-corrected chi connectivity index (χ0v) is 12.1. The normalized spacial score (nSPS) is 18.5. The van der Waals surface area contributed by atoms with E-state index in [2.05, 4.69) is 15.6 Å². The Bertz CT molecular complexity index is 645. The van der Waals surface area contributed by atoms with Gasteiger partial charge in [-0.05, 0) is 42.7 Å². The number of aromatic nitrogens is 2. The highest BCUT2D eigenvalue weighted by molar-refractivity contribution is 5.92. The van der Waals surface area contributed by atoms with Crippen LogP contribution in [0.1, 0.15) is 30.1 Å². The van der Waals surface area contributed by atoms with Crippen LogP contribution in [0, 0.1) is 0 Å². The number of pyridine rings is 1. The number of likely N-dealkylation sites (tertiary alicyclic amines) is 1. The summed E-state index contributed by atoms with van der Waals surface area (Å²) in [5.74, 6) is 0.0718. The summed E-state index contributed by atoms with van der Waals surface area (Å²) in [5, 5.41) is 0. The maximum absolute atomic E-state index is 12.4. The minimum atomic E-state index is 0.0718. The van der Waals surface area contributed by atoms with Crippen molar-refractivity contribution in [3.63, 3.8) is 0 Å². The van der Waals surface area contributed by atoms with Crippen LogP contribution >= 0.6 is 0 Å². The van der Waals surface area contributed by atoms with Crippen molar-refractivity contribution >= 4 is 12.0 Å². The van der Waals surface area contributed by atoms with Crippen LogP contribution in [0.5, 0.6) is 0 Å². The fourth-order valence-corrected chi connectivity index (χ4v) is 2.90. The zero-order valence-electron chi connectivity index (χ0n) is 12.1. The minimum Gasteiger partial charge on any atom is -0.353 e. The second-order valence-corrected chi connectivity index (χ2v) is 5.35. The molecule has 0 radical (unpaired) electrons. The summed E-state index contributed by atoms with van der Waals surface area (Å²) < 4.78 is 2.10. The predicted molar refractivity (Wildman–Crippen MR) is 82.4 cm³/mol. The fourth-order valence-electron chi connectivity index (χ4n) is 2.90. The summed E-state index contributed by atoms with van der Waals surface area (Å²) >= 11 is 0. The van der Waals surface area contributed by atoms with E-state index >= 15 is 0 Å². The molecule has 4 heteroatoms. The number of nitrogens with zero attached hydrogens (tertiary/aromatic N) is 3. The number of hydrogen-bond acceptors (Lipinski definition) is 2. The van der Waals surface area contributed by atoms with E-state index in [1.165, 1.54) is 5.69 Å². The van der Waals surface area contributed by atoms with E-state index in [0.717, 1.165) is 24.9 Å². The first-order chi connectivity index (χ1) is 10.3. The average molecular weight is 281 g/mol. The molecule has 4 nitrogen and oxygen atoms in total. The van der Waals surface area contributed by atoms with Gasteiger partial charge in [0.15, 0.2) is 0 Å². The van der Waals surface area contributed by atoms with Crippen LogP contribution < -0.4 is 0 Å². The summed E-state index contributed by atoms with van der Waals surface area (Å²) in [6.45, 7) is 0.825. The second kappa shape index (κ2) is 5.95. The highest BCUT2D eigenvalue weighted by atomic mass is 16.2. The minimum absolute atomic E-state index is 0.0718. The molecule has 1 aliphatic heterocycles. The van der Waals surface area contributed by atoms with Crippen LogP contribution in [0.25, 0.3) is 6.08 Å². The van der Waals surface area contributed by atoms with E-state index in [4.69, 9.17) is 0 Å². The predicted octanol–water partition coefficient (Wildman–Crippen LogP) is 2.80. The van der Waals surface area contributed by atoms with Crippen LogP contribution in [-0.2, 0) is 11.8 Å². The fraction of sp³-hybridized carbons (Fsp3) is 0.294. The van der Waals surface area contributed by atoms with Crippen LogP contribution in [0.15, 0.2) is 48.9 Å². The zero-order chi connectivity index (χ0) is 14.7. The number of carbonyl (C=O) groups excluding carboxylic acids is 1. The summed E-state index contributed by atoms with van der Waals surface area (Å²) in [5.41, 5.74) is 2.15. The van der Waals surface area contributed by atoms with Crippen LogP contribution in [-0.4, -0.2) is 26.9 Å². The lowest BCUT2D eigenvalue weighted by molar-refractivity contribution is -0.126. The molecule has 0 spiro atoms. The molecule has 0 unspecified atom stereocenters. The largest absolute Gasteiger partial charge is 0.353 e. The van der Waals surface area contributed by atoms with Crippen molar-refractivity contribution in [3.05, 3.63) is 60.2 Å². The molecular weight excluding hydrogens is 262 g/mol. The van der Waals surface area contributed by atoms with Crippen molar-refractivity contribution in [1.29, 1.82) is 0 Å². The lowest BCUT2D eigenvalue weighted by Crippen LogP contribution is -2.29. The first kappa shape index (κ1) is 13.6. The van der Waals surface area contributed by atoms with Gasteiger partial charge in [-0.2, -0.15) is 0 Å². The van der Waals surface area contributed by atoms with E-state index in [-0.39, 0.29) is 11.9 Å². The lowest BCUT2D eigenvalue weighted by Gasteiger charge is -2.24. The van der Waals surface area contributed by atoms with Crippen LogP contribution in [0.2, 0.25) is 0 Å². The van der Waals surface area contributed by atoms with E-state index in [9.17, 15) is 4.79 Å². The molecule has 1 saturated heterocycles. The third-order valence-electron chi connectivity index (χ3n) is 3.96. The molecule has 1 amide bonds. The van der Waals surface area contributed by atoms with E-state index in [1.807, 2.05) is 42.4 Å². The number of amides is 1. The molecule has 3 heterocycles. The third kappa shape index (κ3) is 2.89. The Morgan fingerprint density at radius 2 is 2.29 bits per heavy atom. The SMILES string of the molecule is Cn1cccc1[C@@H]1CCCN1C(=O)/C=C/c1cccnc1. The van der Waals surface area contributed by atoms with Gasteiger partial charge < -0.3 is 9.47 Å². The Morgan fingerprint density at radius 3 is 3.00 bits per heavy atom. The van der Waals surface area contributed by atoms with Crippen molar-refractivity contribution in [2.45, 2.75) is 18.9 Å². The topological polar surface area (TPSA) is 38.1 Å². The lowest BCUT2D eigenvalue weighted by atomic mass is 10.1. The molecule has 2 aromatic heterocycles. The summed E-state index contributed by atoms with van der Waals surface area (Å²) in [6, 6.07) is 8.13. The van der Waals surface area contributed by atoms with Gasteiger partial charge in [-0.1, -0.05) is 6.07 Å². The Balaban J connectivity index is 1.75. The molecule has 0 aliphatic carbocycles. The summed E-state index contributed by atoms with van der Waals surface area (Å²) in [6.07, 6.45) is 11.1. The average Bonchev–Trinajstić information content (AvgIpc) is 3.14. The molecule has 108 valence electrons. The summed E-state index contributed by atoms with van der Waals surface area (Å²) in [4.78, 5) is 18.5. The maximum Gasteiger partial charge on any atom is 0.247 e. The van der Waals surface area contributed by atoms with Gasteiger partial charge in [-0.25, -0.2) is 0 Å². The van der Waals surface area contributed by atoms with E-state index < -0.39 is 0 Å². The molecule has 1 atom stereocenters. The maximum atomic E-state index is 12.4. The molecule has 21 heavy (non-hydrogen) atoms. The van der Waals surface area contributed by atoms with Crippen LogP contribution in [0.4, 0.5) is 0 Å². The third-order valence-corrected chi connectivity index (χ3v) is 3.96. The number of hydrogen-bond donors (Lipinski definition) is 0. The van der Waals surface area contributed by atoms with Gasteiger partial charge in [0.1, 0.15) is 0 Å². The van der Waals surface area contributed by atoms with E-state index in [0.29, 0.717) is 0 Å². The van der Waals surface area contributed by atoms with Gasteiger partial charge in [0.05, 0.1) is 6.04 Å². The molecule has 0 bridgehead atoms. The Hall–Kier alpha value is -2.36. The Kier molecular flexibility index (Phi) is 3.86. The van der Waals surface area contributed by atoms with Gasteiger partial charge in [-0.3, -0.25) is 9.78 Å². The van der Waals surface area contributed by atoms with Gasteiger partial charge >= 0.3 is 0 Å². The van der Waals surface area contributed by atoms with Crippen LogP contribution in [0.3, 0.4) is 0 Å². The monoisotopic (exact) mass is 281 g/mol. The Labute approximate surface area is 124 Å². The quantitative estimate of drug-likeness (QED) is 0.811. The molecule has 2 aromatic rings. The number of carbonyl (C=O) groups is 1. The molecule has 0 N–H and O–H groups in total. The van der Waals surface area contributed by atoms with Crippen molar-refractivity contribution in [1.82, 2.24) is 14.5 Å². The second-order valence-electron chi connectivity index (χ2n) is 5.35. The number of rotatable bonds is 3. The molecule has 1 fully saturated rings. The van der Waals surface area contributed by atoms with Crippen molar-refractivity contribution in [3.8, 4) is 0 Å². The standard InChI is InChI=1S/C17H19N3O/c1-19-11-3-6-15(19)16-7-4-12-20(16)17(21)9-8-14-5-2-10-18-13-14/h2-3,5-6,8-11,13,16H,4,7,12H2,1H3/b9-8+/t16-/m0/s1. The smallest absolute Gasteiger partial charge is 0.247 e. The highest BCUT2D eigenvalue weighted by Crippen LogP contribution is 2.32. The highest BCUT2D eigenvalue weighted by Gasteiger charge is 2.29. The first-order valence-corrected chi connectivity index (χ1v) is 7.25. The number of aryl methyl sites for hydroxylation is 1. The van der Waals surface area contributed by atoms with E-state index in [1.54, 1.807) is 18.5 Å². The van der Waals surface area contributed by atoms with Crippen molar-refractivity contribution < 1.29 is 4.79 Å².